The molecule has 0 atom stereocenters. The maximum Gasteiger partial charge on any atom is 0.310 e. The Morgan fingerprint density at radius 3 is 1.36 bits per heavy atom. The largest absolute Gasteiger partial charge is 0.415 e. The molecule has 0 unspecified atom stereocenters. The smallest absolute Gasteiger partial charge is 0.310 e. The van der Waals surface area contributed by atoms with Crippen LogP contribution in [-0.2, 0) is 9.53 Å². The van der Waals surface area contributed by atoms with Crippen molar-refractivity contribution in [2.24, 2.45) is 0 Å². The molecule has 0 rings (SSSR count). The number of hydrogen-bond donors (Lipinski definition) is 0. The molecule has 28 heavy (non-hydrogen) atoms. The van der Waals surface area contributed by atoms with Crippen molar-refractivity contribution in [3.05, 3.63) is 0 Å². The van der Waals surface area contributed by atoms with Crippen LogP contribution in [-0.4, -0.2) is 37.3 Å². The van der Waals surface area contributed by atoms with Gasteiger partial charge in [0.15, 0.2) is 0 Å². The second-order valence-electron chi connectivity index (χ2n) is 8.60. The zero-order valence-electron chi connectivity index (χ0n) is 19.6. The standard InChI is InChI=1S/C24H50NO2.HI/c1-5-8-9-10-11-12-13-14-15-16-17-18-19-20-21-22-24(26)27-23-25(4,6-2)7-3;/h5-23H2,1-4H3;1H/q+1;. The average molecular weight is 513 g/mol. The number of rotatable bonds is 20. The van der Waals surface area contributed by atoms with Gasteiger partial charge in [0.25, 0.3) is 0 Å². The second kappa shape index (κ2) is 21.9. The topological polar surface area (TPSA) is 26.3 Å². The minimum Gasteiger partial charge on any atom is -0.415 e. The summed E-state index contributed by atoms with van der Waals surface area (Å²) in [6.45, 7) is 9.09. The molecule has 3 nitrogen and oxygen atoms in total. The maximum atomic E-state index is 11.8. The summed E-state index contributed by atoms with van der Waals surface area (Å²) >= 11 is 0. The van der Waals surface area contributed by atoms with Crippen molar-refractivity contribution in [2.75, 3.05) is 26.9 Å². The Bertz CT molecular complexity index is 333. The first-order chi connectivity index (χ1) is 13.1. The molecule has 0 aliphatic heterocycles. The SMILES string of the molecule is CCCCCCCCCCCCCCCCCC(=O)OC[N+](C)(CC)CC.I. The molecular formula is C24H51INO2+. The minimum atomic E-state index is -0.0176. The number of halogens is 1. The Hall–Kier alpha value is 0.160. The lowest BCUT2D eigenvalue weighted by atomic mass is 10.0. The summed E-state index contributed by atoms with van der Waals surface area (Å²) in [6, 6.07) is 0. The number of carbonyl (C=O) groups excluding carboxylic acids is 1. The van der Waals surface area contributed by atoms with Crippen LogP contribution in [0.2, 0.25) is 0 Å². The molecule has 170 valence electrons. The van der Waals surface area contributed by atoms with E-state index < -0.39 is 0 Å². The van der Waals surface area contributed by atoms with Gasteiger partial charge in [-0.05, 0) is 20.3 Å². The summed E-state index contributed by atoms with van der Waals surface area (Å²) in [7, 11) is 2.14. The van der Waals surface area contributed by atoms with E-state index in [1.165, 1.54) is 89.9 Å². The van der Waals surface area contributed by atoms with Crippen molar-refractivity contribution < 1.29 is 14.0 Å². The van der Waals surface area contributed by atoms with E-state index >= 15 is 0 Å². The van der Waals surface area contributed by atoms with Crippen LogP contribution in [0.3, 0.4) is 0 Å². The number of carbonyl (C=O) groups is 1. The highest BCUT2D eigenvalue weighted by Gasteiger charge is 2.18. The number of ether oxygens (including phenoxy) is 1. The predicted octanol–water partition coefficient (Wildman–Crippen LogP) is 7.85. The Labute approximate surface area is 194 Å². The fourth-order valence-electron chi connectivity index (χ4n) is 3.35. The van der Waals surface area contributed by atoms with Crippen molar-refractivity contribution in [3.63, 3.8) is 0 Å². The van der Waals surface area contributed by atoms with Gasteiger partial charge in [0, 0.05) is 6.42 Å². The maximum absolute atomic E-state index is 11.8. The lowest BCUT2D eigenvalue weighted by molar-refractivity contribution is -0.922. The lowest BCUT2D eigenvalue weighted by Crippen LogP contribution is -2.45. The molecule has 0 aromatic heterocycles. The highest BCUT2D eigenvalue weighted by molar-refractivity contribution is 14.0. The van der Waals surface area contributed by atoms with Crippen LogP contribution in [0.15, 0.2) is 0 Å². The average Bonchev–Trinajstić information content (AvgIpc) is 2.69. The quantitative estimate of drug-likeness (QED) is 0.0546. The van der Waals surface area contributed by atoms with Crippen molar-refractivity contribution >= 4 is 29.9 Å². The van der Waals surface area contributed by atoms with Crippen molar-refractivity contribution in [3.8, 4) is 0 Å². The molecule has 0 N–H and O–H groups in total. The Morgan fingerprint density at radius 1 is 0.643 bits per heavy atom. The first kappa shape index (κ1) is 30.4. The van der Waals surface area contributed by atoms with E-state index in [9.17, 15) is 4.79 Å². The second-order valence-corrected chi connectivity index (χ2v) is 8.60. The first-order valence-corrected chi connectivity index (χ1v) is 12.1. The van der Waals surface area contributed by atoms with Crippen molar-refractivity contribution in [1.82, 2.24) is 0 Å². The molecule has 0 bridgehead atoms. The highest BCUT2D eigenvalue weighted by Crippen LogP contribution is 2.14. The number of unbranched alkanes of at least 4 members (excludes halogenated alkanes) is 14. The van der Waals surface area contributed by atoms with E-state index in [1.54, 1.807) is 0 Å². The molecule has 0 spiro atoms. The molecule has 4 heteroatoms. The van der Waals surface area contributed by atoms with Crippen LogP contribution in [0.1, 0.15) is 124 Å². The molecule has 0 aliphatic rings. The number of esters is 1. The number of quaternary nitrogens is 1. The van der Waals surface area contributed by atoms with Gasteiger partial charge in [0.1, 0.15) is 0 Å². The van der Waals surface area contributed by atoms with Crippen LogP contribution in [0.4, 0.5) is 0 Å². The van der Waals surface area contributed by atoms with Gasteiger partial charge in [0.2, 0.25) is 6.73 Å². The first-order valence-electron chi connectivity index (χ1n) is 12.1. The molecule has 0 saturated heterocycles. The molecule has 0 aliphatic carbocycles. The van der Waals surface area contributed by atoms with Crippen LogP contribution in [0.5, 0.6) is 0 Å². The summed E-state index contributed by atoms with van der Waals surface area (Å²) in [5.41, 5.74) is 0. The Morgan fingerprint density at radius 2 is 1.00 bits per heavy atom. The molecule has 0 aromatic carbocycles. The monoisotopic (exact) mass is 512 g/mol. The van der Waals surface area contributed by atoms with E-state index in [2.05, 4.69) is 27.8 Å². The molecule has 0 aromatic rings. The van der Waals surface area contributed by atoms with Crippen LogP contribution in [0, 0.1) is 0 Å². The minimum absolute atomic E-state index is 0. The summed E-state index contributed by atoms with van der Waals surface area (Å²) in [5, 5.41) is 0. The van der Waals surface area contributed by atoms with Gasteiger partial charge >= 0.3 is 5.97 Å². The highest BCUT2D eigenvalue weighted by atomic mass is 127. The third kappa shape index (κ3) is 19.5. The number of nitrogens with zero attached hydrogens (tertiary/aromatic N) is 1. The van der Waals surface area contributed by atoms with Crippen molar-refractivity contribution in [1.29, 1.82) is 0 Å². The van der Waals surface area contributed by atoms with Crippen LogP contribution >= 0.6 is 24.0 Å². The van der Waals surface area contributed by atoms with Gasteiger partial charge in [-0.15, -0.1) is 24.0 Å². The third-order valence-electron chi connectivity index (χ3n) is 6.05. The summed E-state index contributed by atoms with van der Waals surface area (Å²) in [4.78, 5) is 11.8. The molecule has 0 amide bonds. The van der Waals surface area contributed by atoms with Gasteiger partial charge in [-0.1, -0.05) is 96.8 Å². The zero-order valence-corrected chi connectivity index (χ0v) is 21.9. The molecule has 0 saturated carbocycles. The Kier molecular flexibility index (Phi) is 23.7. The van der Waals surface area contributed by atoms with E-state index in [0.717, 1.165) is 24.0 Å². The third-order valence-corrected chi connectivity index (χ3v) is 6.05. The van der Waals surface area contributed by atoms with Crippen LogP contribution < -0.4 is 0 Å². The van der Waals surface area contributed by atoms with Gasteiger partial charge in [0.05, 0.1) is 20.1 Å². The van der Waals surface area contributed by atoms with Gasteiger partial charge in [-0.3, -0.25) is 9.28 Å². The normalized spacial score (nSPS) is 11.3. The summed E-state index contributed by atoms with van der Waals surface area (Å²) in [6.07, 6.45) is 20.9. The van der Waals surface area contributed by atoms with E-state index in [-0.39, 0.29) is 29.9 Å². The van der Waals surface area contributed by atoms with Crippen molar-refractivity contribution in [2.45, 2.75) is 124 Å². The van der Waals surface area contributed by atoms with E-state index in [4.69, 9.17) is 4.74 Å². The zero-order chi connectivity index (χ0) is 20.2. The van der Waals surface area contributed by atoms with E-state index in [0.29, 0.717) is 13.2 Å². The molecule has 0 fully saturated rings. The lowest BCUT2D eigenvalue weighted by Gasteiger charge is -2.30. The van der Waals surface area contributed by atoms with Gasteiger partial charge in [-0.25, -0.2) is 0 Å². The fraction of sp³-hybridized carbons (Fsp3) is 0.958. The molecule has 0 radical (unpaired) electrons. The molecule has 0 heterocycles. The Balaban J connectivity index is 0. The van der Waals surface area contributed by atoms with Gasteiger partial charge in [-0.2, -0.15) is 0 Å². The van der Waals surface area contributed by atoms with Crippen LogP contribution in [0.25, 0.3) is 0 Å². The molecular weight excluding hydrogens is 461 g/mol. The van der Waals surface area contributed by atoms with E-state index in [1.807, 2.05) is 0 Å². The summed E-state index contributed by atoms with van der Waals surface area (Å²) in [5.74, 6) is -0.0176. The predicted molar refractivity (Wildman–Crippen MR) is 133 cm³/mol. The van der Waals surface area contributed by atoms with Gasteiger partial charge < -0.3 is 4.74 Å². The summed E-state index contributed by atoms with van der Waals surface area (Å²) < 4.78 is 6.25. The fourth-order valence-corrected chi connectivity index (χ4v) is 3.35. The number of hydrogen-bond acceptors (Lipinski definition) is 2.